The fourth-order valence-electron chi connectivity index (χ4n) is 2.59. The topological polar surface area (TPSA) is 97.1 Å². The van der Waals surface area contributed by atoms with Crippen molar-refractivity contribution in [3.63, 3.8) is 0 Å². The number of carbonyl (C=O) groups is 2. The van der Waals surface area contributed by atoms with Gasteiger partial charge in [0.25, 0.3) is 17.0 Å². The first-order valence-corrected chi connectivity index (χ1v) is 10.8. The van der Waals surface area contributed by atoms with Crippen LogP contribution in [0.15, 0.2) is 81.8 Å². The van der Waals surface area contributed by atoms with Gasteiger partial charge in [-0.3, -0.25) is 9.59 Å². The third-order valence-corrected chi connectivity index (χ3v) is 5.62. The molecular weight excluding hydrogens is 420 g/mol. The lowest BCUT2D eigenvalue weighted by Crippen LogP contribution is -2.19. The van der Waals surface area contributed by atoms with Gasteiger partial charge in [-0.15, -0.1) is 21.5 Å². The summed E-state index contributed by atoms with van der Waals surface area (Å²) in [5, 5.41) is 15.8. The number of thiophene rings is 1. The number of benzene rings is 2. The lowest BCUT2D eigenvalue weighted by Gasteiger charge is -2.11. The number of nitrogens with zero attached hydrogens (tertiary/aromatic N) is 2. The molecule has 7 nitrogen and oxygen atoms in total. The van der Waals surface area contributed by atoms with Crippen LogP contribution in [0.3, 0.4) is 0 Å². The Hall–Kier alpha value is -3.43. The number of carbonyl (C=O) groups excluding carboxylic acids is 2. The molecular formula is C21H16N4O3S2. The van der Waals surface area contributed by atoms with Gasteiger partial charge in [0.2, 0.25) is 5.91 Å². The molecule has 0 bridgehead atoms. The molecule has 2 N–H and O–H groups in total. The maximum absolute atomic E-state index is 12.6. The summed E-state index contributed by atoms with van der Waals surface area (Å²) in [4.78, 5) is 25.9. The molecule has 0 fully saturated rings. The Morgan fingerprint density at radius 2 is 1.73 bits per heavy atom. The van der Waals surface area contributed by atoms with Crippen molar-refractivity contribution in [1.82, 2.24) is 10.2 Å². The summed E-state index contributed by atoms with van der Waals surface area (Å²) < 4.78 is 5.56. The Morgan fingerprint density at radius 3 is 2.53 bits per heavy atom. The Morgan fingerprint density at radius 1 is 0.933 bits per heavy atom. The normalized spacial score (nSPS) is 10.5. The Bertz CT molecular complexity index is 1140. The molecule has 4 aromatic rings. The number of aromatic nitrogens is 2. The van der Waals surface area contributed by atoms with Crippen LogP contribution in [0.5, 0.6) is 0 Å². The molecule has 0 unspecified atom stereocenters. The Labute approximate surface area is 180 Å². The SMILES string of the molecule is O=C(CSc1nnc(-c2cccs2)o1)Nc1ccccc1C(=O)Nc1ccccc1. The predicted molar refractivity (Wildman–Crippen MR) is 118 cm³/mol. The first-order chi connectivity index (χ1) is 14.7. The molecule has 0 aliphatic rings. The quantitative estimate of drug-likeness (QED) is 0.405. The van der Waals surface area contributed by atoms with Gasteiger partial charge in [-0.05, 0) is 35.7 Å². The molecule has 0 saturated carbocycles. The second-order valence-electron chi connectivity index (χ2n) is 6.05. The zero-order valence-electron chi connectivity index (χ0n) is 15.6. The van der Waals surface area contributed by atoms with Gasteiger partial charge in [-0.2, -0.15) is 0 Å². The summed E-state index contributed by atoms with van der Waals surface area (Å²) in [7, 11) is 0. The fraction of sp³-hybridized carbons (Fsp3) is 0.0476. The van der Waals surface area contributed by atoms with Crippen LogP contribution in [0, 0.1) is 0 Å². The van der Waals surface area contributed by atoms with Crippen molar-refractivity contribution in [1.29, 1.82) is 0 Å². The minimum absolute atomic E-state index is 0.0702. The molecule has 0 spiro atoms. The van der Waals surface area contributed by atoms with Crippen LogP contribution in [0.2, 0.25) is 0 Å². The van der Waals surface area contributed by atoms with Gasteiger partial charge in [0, 0.05) is 5.69 Å². The molecule has 0 aliphatic heterocycles. The van der Waals surface area contributed by atoms with Crippen molar-refractivity contribution in [2.45, 2.75) is 5.22 Å². The van der Waals surface area contributed by atoms with Gasteiger partial charge in [0.1, 0.15) is 0 Å². The second-order valence-corrected chi connectivity index (χ2v) is 7.93. The van der Waals surface area contributed by atoms with Crippen LogP contribution in [-0.4, -0.2) is 27.8 Å². The summed E-state index contributed by atoms with van der Waals surface area (Å²) in [5.74, 6) is -0.0883. The third-order valence-electron chi connectivity index (χ3n) is 3.94. The number of amides is 2. The van der Waals surface area contributed by atoms with Gasteiger partial charge in [0.15, 0.2) is 0 Å². The third kappa shape index (κ3) is 4.94. The van der Waals surface area contributed by atoms with E-state index in [1.807, 2.05) is 35.7 Å². The van der Waals surface area contributed by atoms with Crippen LogP contribution in [0.1, 0.15) is 10.4 Å². The van der Waals surface area contributed by atoms with E-state index < -0.39 is 0 Å². The average molecular weight is 437 g/mol. The van der Waals surface area contributed by atoms with Gasteiger partial charge in [0.05, 0.1) is 21.9 Å². The maximum Gasteiger partial charge on any atom is 0.277 e. The molecule has 2 heterocycles. The highest BCUT2D eigenvalue weighted by Gasteiger charge is 2.15. The number of rotatable bonds is 7. The van der Waals surface area contributed by atoms with Gasteiger partial charge in [-0.25, -0.2) is 0 Å². The summed E-state index contributed by atoms with van der Waals surface area (Å²) in [5.41, 5.74) is 1.48. The van der Waals surface area contributed by atoms with Crippen molar-refractivity contribution in [3.05, 3.63) is 77.7 Å². The monoisotopic (exact) mass is 436 g/mol. The largest absolute Gasteiger partial charge is 0.410 e. The predicted octanol–water partition coefficient (Wildman–Crippen LogP) is 4.78. The highest BCUT2D eigenvalue weighted by atomic mass is 32.2. The summed E-state index contributed by atoms with van der Waals surface area (Å²) in [6, 6.07) is 19.8. The van der Waals surface area contributed by atoms with Crippen LogP contribution in [0.4, 0.5) is 11.4 Å². The van der Waals surface area contributed by atoms with Crippen LogP contribution < -0.4 is 10.6 Å². The van der Waals surface area contributed by atoms with Gasteiger partial charge >= 0.3 is 0 Å². The van der Waals surface area contributed by atoms with E-state index >= 15 is 0 Å². The molecule has 2 amide bonds. The standard InChI is InChI=1S/C21H16N4O3S2/c26-18(13-30-21-25-24-20(28-21)17-11-6-12-29-17)23-16-10-5-4-9-15(16)19(27)22-14-7-2-1-3-8-14/h1-12H,13H2,(H,22,27)(H,23,26). The van der Waals surface area contributed by atoms with Crippen molar-refractivity contribution in [2.24, 2.45) is 0 Å². The molecule has 4 rings (SSSR count). The van der Waals surface area contributed by atoms with Gasteiger partial charge < -0.3 is 15.1 Å². The highest BCUT2D eigenvalue weighted by Crippen LogP contribution is 2.26. The van der Waals surface area contributed by atoms with E-state index in [4.69, 9.17) is 4.42 Å². The molecule has 0 aliphatic carbocycles. The van der Waals surface area contributed by atoms with Crippen LogP contribution >= 0.6 is 23.1 Å². The minimum atomic E-state index is -0.303. The lowest BCUT2D eigenvalue weighted by atomic mass is 10.1. The number of hydrogen-bond acceptors (Lipinski definition) is 7. The van der Waals surface area contributed by atoms with E-state index in [1.54, 1.807) is 36.4 Å². The first kappa shape index (κ1) is 19.9. The molecule has 9 heteroatoms. The summed E-state index contributed by atoms with van der Waals surface area (Å²) in [6.45, 7) is 0. The Kier molecular flexibility index (Phi) is 6.21. The summed E-state index contributed by atoms with van der Waals surface area (Å²) >= 11 is 2.63. The lowest BCUT2D eigenvalue weighted by molar-refractivity contribution is -0.113. The smallest absolute Gasteiger partial charge is 0.277 e. The number of anilines is 2. The van der Waals surface area contributed by atoms with E-state index in [2.05, 4.69) is 20.8 Å². The molecule has 150 valence electrons. The van der Waals surface area contributed by atoms with Crippen LogP contribution in [0.25, 0.3) is 10.8 Å². The molecule has 30 heavy (non-hydrogen) atoms. The minimum Gasteiger partial charge on any atom is -0.410 e. The average Bonchev–Trinajstić information content (AvgIpc) is 3.45. The molecule has 0 radical (unpaired) electrons. The first-order valence-electron chi connectivity index (χ1n) is 8.94. The van der Waals surface area contributed by atoms with Crippen molar-refractivity contribution in [3.8, 4) is 10.8 Å². The van der Waals surface area contributed by atoms with Crippen molar-refractivity contribution in [2.75, 3.05) is 16.4 Å². The second kappa shape index (κ2) is 9.38. The molecule has 0 saturated heterocycles. The molecule has 2 aromatic heterocycles. The fourth-order valence-corrected chi connectivity index (χ4v) is 3.80. The van der Waals surface area contributed by atoms with E-state index in [1.165, 1.54) is 11.3 Å². The molecule has 0 atom stereocenters. The maximum atomic E-state index is 12.6. The van der Waals surface area contributed by atoms with Gasteiger partial charge in [-0.1, -0.05) is 48.2 Å². The van der Waals surface area contributed by atoms with E-state index in [9.17, 15) is 9.59 Å². The number of hydrogen-bond donors (Lipinski definition) is 2. The van der Waals surface area contributed by atoms with E-state index in [-0.39, 0.29) is 17.6 Å². The zero-order valence-corrected chi connectivity index (χ0v) is 17.2. The zero-order chi connectivity index (χ0) is 20.8. The Balaban J connectivity index is 1.37. The molecule has 2 aromatic carbocycles. The van der Waals surface area contributed by atoms with Crippen molar-refractivity contribution < 1.29 is 14.0 Å². The van der Waals surface area contributed by atoms with E-state index in [0.29, 0.717) is 28.1 Å². The number of para-hydroxylation sites is 2. The van der Waals surface area contributed by atoms with Crippen LogP contribution in [-0.2, 0) is 4.79 Å². The number of thioether (sulfide) groups is 1. The van der Waals surface area contributed by atoms with E-state index in [0.717, 1.165) is 16.6 Å². The highest BCUT2D eigenvalue weighted by molar-refractivity contribution is 7.99. The van der Waals surface area contributed by atoms with Crippen molar-refractivity contribution >= 4 is 46.3 Å². The summed E-state index contributed by atoms with van der Waals surface area (Å²) in [6.07, 6.45) is 0. The number of nitrogens with one attached hydrogen (secondary N) is 2.